The van der Waals surface area contributed by atoms with Crippen molar-refractivity contribution in [2.24, 2.45) is 0 Å². The molecule has 1 N–H and O–H groups in total. The molecule has 0 radical (unpaired) electrons. The van der Waals surface area contributed by atoms with Crippen LogP contribution in [0.3, 0.4) is 0 Å². The summed E-state index contributed by atoms with van der Waals surface area (Å²) in [5.74, 6) is -1.41. The van der Waals surface area contributed by atoms with E-state index < -0.39 is 12.6 Å². The van der Waals surface area contributed by atoms with E-state index in [4.69, 9.17) is 5.11 Å². The SMILES string of the molecule is Cc1c(CC(=O)O)c2ccccc2n1C(=O)c1ccc(OC(F)F)cc1. The molecule has 0 atom stereocenters. The van der Waals surface area contributed by atoms with Crippen molar-refractivity contribution in [2.75, 3.05) is 0 Å². The van der Waals surface area contributed by atoms with Gasteiger partial charge >= 0.3 is 12.6 Å². The van der Waals surface area contributed by atoms with E-state index in [1.54, 1.807) is 31.2 Å². The van der Waals surface area contributed by atoms with Gasteiger partial charge in [-0.05, 0) is 42.8 Å². The van der Waals surface area contributed by atoms with E-state index >= 15 is 0 Å². The van der Waals surface area contributed by atoms with Crippen LogP contribution in [0.25, 0.3) is 10.9 Å². The Hall–Kier alpha value is -3.22. The molecule has 3 rings (SSSR count). The molecule has 0 amide bonds. The summed E-state index contributed by atoms with van der Waals surface area (Å²) in [5, 5.41) is 9.84. The fourth-order valence-corrected chi connectivity index (χ4v) is 2.98. The number of ether oxygens (including phenoxy) is 1. The Morgan fingerprint density at radius 2 is 1.77 bits per heavy atom. The van der Waals surface area contributed by atoms with E-state index in [0.29, 0.717) is 22.2 Å². The zero-order valence-corrected chi connectivity index (χ0v) is 13.8. The van der Waals surface area contributed by atoms with Crippen molar-refractivity contribution in [3.63, 3.8) is 0 Å². The number of carbonyl (C=O) groups is 2. The maximum absolute atomic E-state index is 12.9. The second-order valence-electron chi connectivity index (χ2n) is 5.70. The number of benzene rings is 2. The maximum atomic E-state index is 12.9. The third-order valence-electron chi connectivity index (χ3n) is 4.10. The fourth-order valence-electron chi connectivity index (χ4n) is 2.98. The lowest BCUT2D eigenvalue weighted by atomic mass is 10.1. The van der Waals surface area contributed by atoms with E-state index in [1.165, 1.54) is 28.8 Å². The zero-order chi connectivity index (χ0) is 18.8. The Labute approximate surface area is 147 Å². The smallest absolute Gasteiger partial charge is 0.387 e. The van der Waals surface area contributed by atoms with E-state index in [9.17, 15) is 18.4 Å². The van der Waals surface area contributed by atoms with Gasteiger partial charge in [-0.1, -0.05) is 18.2 Å². The van der Waals surface area contributed by atoms with Gasteiger partial charge in [-0.3, -0.25) is 14.2 Å². The highest BCUT2D eigenvalue weighted by Crippen LogP contribution is 2.27. The summed E-state index contributed by atoms with van der Waals surface area (Å²) in [6, 6.07) is 12.4. The van der Waals surface area contributed by atoms with Crippen LogP contribution in [0, 0.1) is 6.92 Å². The van der Waals surface area contributed by atoms with Crippen LogP contribution in [0.5, 0.6) is 5.75 Å². The van der Waals surface area contributed by atoms with Crippen LogP contribution in [0.2, 0.25) is 0 Å². The molecular weight excluding hydrogens is 344 g/mol. The minimum Gasteiger partial charge on any atom is -0.481 e. The van der Waals surface area contributed by atoms with Gasteiger partial charge in [0.2, 0.25) is 0 Å². The van der Waals surface area contributed by atoms with Gasteiger partial charge in [0.15, 0.2) is 0 Å². The Morgan fingerprint density at radius 1 is 1.12 bits per heavy atom. The normalized spacial score (nSPS) is 11.1. The molecular formula is C19H15F2NO4. The zero-order valence-electron chi connectivity index (χ0n) is 13.8. The fraction of sp³-hybridized carbons (Fsp3) is 0.158. The van der Waals surface area contributed by atoms with Gasteiger partial charge in [0.05, 0.1) is 11.9 Å². The van der Waals surface area contributed by atoms with Crippen LogP contribution < -0.4 is 4.74 Å². The molecule has 0 unspecified atom stereocenters. The standard InChI is InChI=1S/C19H15F2NO4/c1-11-15(10-17(23)24)14-4-2-3-5-16(14)22(11)18(25)12-6-8-13(9-7-12)26-19(20)21/h2-9,19H,10H2,1H3,(H,23,24). The molecule has 134 valence electrons. The summed E-state index contributed by atoms with van der Waals surface area (Å²) < 4.78 is 30.2. The number of aliphatic carboxylic acids is 1. The largest absolute Gasteiger partial charge is 0.481 e. The minimum absolute atomic E-state index is 0.0443. The van der Waals surface area contributed by atoms with Crippen LogP contribution in [-0.4, -0.2) is 28.2 Å². The van der Waals surface area contributed by atoms with Crippen LogP contribution in [0.15, 0.2) is 48.5 Å². The molecule has 0 aliphatic rings. The Kier molecular flexibility index (Phi) is 4.71. The van der Waals surface area contributed by atoms with Gasteiger partial charge in [0.1, 0.15) is 5.75 Å². The number of alkyl halides is 2. The van der Waals surface area contributed by atoms with E-state index in [1.807, 2.05) is 0 Å². The maximum Gasteiger partial charge on any atom is 0.387 e. The molecule has 0 spiro atoms. The number of halogens is 2. The predicted octanol–water partition coefficient (Wildman–Crippen LogP) is 3.87. The van der Waals surface area contributed by atoms with Gasteiger partial charge < -0.3 is 9.84 Å². The highest BCUT2D eigenvalue weighted by atomic mass is 19.3. The van der Waals surface area contributed by atoms with Crippen molar-refractivity contribution in [1.29, 1.82) is 0 Å². The lowest BCUT2D eigenvalue weighted by Crippen LogP contribution is -2.14. The number of carboxylic acid groups (broad SMARTS) is 1. The molecule has 3 aromatic rings. The number of rotatable bonds is 5. The molecule has 0 saturated carbocycles. The average molecular weight is 359 g/mol. The average Bonchev–Trinajstić information content (AvgIpc) is 2.86. The van der Waals surface area contributed by atoms with Crippen LogP contribution >= 0.6 is 0 Å². The number of carboxylic acids is 1. The van der Waals surface area contributed by atoms with E-state index in [2.05, 4.69) is 4.74 Å². The van der Waals surface area contributed by atoms with Crippen molar-refractivity contribution in [3.05, 3.63) is 65.4 Å². The molecule has 2 aromatic carbocycles. The van der Waals surface area contributed by atoms with Gasteiger partial charge in [0, 0.05) is 16.6 Å². The Balaban J connectivity index is 2.06. The first-order valence-electron chi connectivity index (χ1n) is 7.78. The van der Waals surface area contributed by atoms with Crippen molar-refractivity contribution in [2.45, 2.75) is 20.0 Å². The molecule has 0 bridgehead atoms. The molecule has 0 aliphatic heterocycles. The molecule has 0 saturated heterocycles. The second kappa shape index (κ2) is 6.95. The summed E-state index contributed by atoms with van der Waals surface area (Å²) in [6.45, 7) is -1.25. The summed E-state index contributed by atoms with van der Waals surface area (Å²) >= 11 is 0. The molecule has 0 fully saturated rings. The van der Waals surface area contributed by atoms with Gasteiger partial charge in [-0.15, -0.1) is 0 Å². The summed E-state index contributed by atoms with van der Waals surface area (Å²) in [5.41, 5.74) is 1.97. The van der Waals surface area contributed by atoms with Crippen LogP contribution in [-0.2, 0) is 11.2 Å². The quantitative estimate of drug-likeness (QED) is 0.751. The number of carbonyl (C=O) groups excluding carboxylic acids is 1. The van der Waals surface area contributed by atoms with Gasteiger partial charge in [-0.2, -0.15) is 8.78 Å². The highest BCUT2D eigenvalue weighted by molar-refractivity contribution is 6.04. The monoisotopic (exact) mass is 359 g/mol. The predicted molar refractivity (Wildman–Crippen MR) is 90.8 cm³/mol. The molecule has 7 heteroatoms. The van der Waals surface area contributed by atoms with E-state index in [0.717, 1.165) is 0 Å². The van der Waals surface area contributed by atoms with Crippen molar-refractivity contribution >= 4 is 22.8 Å². The van der Waals surface area contributed by atoms with Crippen LogP contribution in [0.4, 0.5) is 8.78 Å². The van der Waals surface area contributed by atoms with Crippen LogP contribution in [0.1, 0.15) is 21.6 Å². The minimum atomic E-state index is -2.94. The molecule has 1 heterocycles. The topological polar surface area (TPSA) is 68.5 Å². The number of hydrogen-bond donors (Lipinski definition) is 1. The number of nitrogens with zero attached hydrogens (tertiary/aromatic N) is 1. The molecule has 0 aliphatic carbocycles. The number of aromatic nitrogens is 1. The third kappa shape index (κ3) is 3.28. The molecule has 1 aromatic heterocycles. The molecule has 26 heavy (non-hydrogen) atoms. The Morgan fingerprint density at radius 3 is 2.38 bits per heavy atom. The second-order valence-corrected chi connectivity index (χ2v) is 5.70. The first-order chi connectivity index (χ1) is 12.4. The van der Waals surface area contributed by atoms with Crippen molar-refractivity contribution in [1.82, 2.24) is 4.57 Å². The van der Waals surface area contributed by atoms with Gasteiger partial charge in [0.25, 0.3) is 5.91 Å². The lowest BCUT2D eigenvalue weighted by Gasteiger charge is -2.09. The highest BCUT2D eigenvalue weighted by Gasteiger charge is 2.21. The first-order valence-corrected chi connectivity index (χ1v) is 7.78. The summed E-state index contributed by atoms with van der Waals surface area (Å²) in [6.07, 6.45) is -0.201. The summed E-state index contributed by atoms with van der Waals surface area (Å²) in [7, 11) is 0. The van der Waals surface area contributed by atoms with Gasteiger partial charge in [-0.25, -0.2) is 0 Å². The van der Waals surface area contributed by atoms with E-state index in [-0.39, 0.29) is 23.6 Å². The third-order valence-corrected chi connectivity index (χ3v) is 4.10. The number of fused-ring (bicyclic) bond motifs is 1. The van der Waals surface area contributed by atoms with Crippen molar-refractivity contribution in [3.8, 4) is 5.75 Å². The number of hydrogen-bond acceptors (Lipinski definition) is 3. The summed E-state index contributed by atoms with van der Waals surface area (Å²) in [4.78, 5) is 24.1. The first kappa shape index (κ1) is 17.6. The lowest BCUT2D eigenvalue weighted by molar-refractivity contribution is -0.136. The number of para-hydroxylation sites is 1. The Bertz CT molecular complexity index is 977. The van der Waals surface area contributed by atoms with Crippen molar-refractivity contribution < 1.29 is 28.2 Å². The molecule has 5 nitrogen and oxygen atoms in total.